The lowest BCUT2D eigenvalue weighted by atomic mass is 10.1. The third kappa shape index (κ3) is 1.56. The predicted molar refractivity (Wildman–Crippen MR) is 56.6 cm³/mol. The van der Waals surface area contributed by atoms with Gasteiger partial charge in [0.2, 0.25) is 0 Å². The van der Waals surface area contributed by atoms with Crippen molar-refractivity contribution in [1.82, 2.24) is 4.98 Å². The van der Waals surface area contributed by atoms with Crippen LogP contribution in [0.3, 0.4) is 0 Å². The van der Waals surface area contributed by atoms with Crippen LogP contribution in [0, 0.1) is 0 Å². The van der Waals surface area contributed by atoms with Crippen molar-refractivity contribution in [1.29, 1.82) is 0 Å². The molecule has 0 atom stereocenters. The fraction of sp³-hybridized carbons (Fsp3) is 0. The van der Waals surface area contributed by atoms with Crippen molar-refractivity contribution in [3.05, 3.63) is 47.2 Å². The van der Waals surface area contributed by atoms with Crippen LogP contribution in [-0.4, -0.2) is 11.3 Å². The van der Waals surface area contributed by atoms with Crippen molar-refractivity contribution >= 4 is 17.9 Å². The number of benzene rings is 1. The molecule has 0 unspecified atom stereocenters. The summed E-state index contributed by atoms with van der Waals surface area (Å²) in [7, 11) is 0. The van der Waals surface area contributed by atoms with Gasteiger partial charge in [-0.15, -0.1) is 0 Å². The average Bonchev–Trinajstić information content (AvgIpc) is 2.67. The molecule has 0 bridgehead atoms. The van der Waals surface area contributed by atoms with Gasteiger partial charge >= 0.3 is 0 Å². The molecule has 0 amide bonds. The van der Waals surface area contributed by atoms with Gasteiger partial charge in [-0.05, 0) is 23.8 Å². The number of carbonyl (C=O) groups is 1. The van der Waals surface area contributed by atoms with Crippen molar-refractivity contribution < 1.29 is 4.79 Å². The van der Waals surface area contributed by atoms with Crippen molar-refractivity contribution in [3.63, 3.8) is 0 Å². The van der Waals surface area contributed by atoms with Crippen molar-refractivity contribution in [2.75, 3.05) is 0 Å². The van der Waals surface area contributed by atoms with Gasteiger partial charge in [-0.2, -0.15) is 0 Å². The Morgan fingerprint density at radius 1 is 1.14 bits per heavy atom. The van der Waals surface area contributed by atoms with Crippen molar-refractivity contribution in [3.8, 4) is 11.1 Å². The van der Waals surface area contributed by atoms with Gasteiger partial charge in [-0.1, -0.05) is 23.7 Å². The highest BCUT2D eigenvalue weighted by atomic mass is 35.5. The Hall–Kier alpha value is -1.54. The largest absolute Gasteiger partial charge is 0.359 e. The molecule has 3 heteroatoms. The van der Waals surface area contributed by atoms with E-state index in [1.54, 1.807) is 18.3 Å². The summed E-state index contributed by atoms with van der Waals surface area (Å²) in [5, 5.41) is 0.692. The Morgan fingerprint density at radius 2 is 1.86 bits per heavy atom. The van der Waals surface area contributed by atoms with Gasteiger partial charge < -0.3 is 4.98 Å². The highest BCUT2D eigenvalue weighted by molar-refractivity contribution is 6.30. The molecule has 1 heterocycles. The van der Waals surface area contributed by atoms with Crippen LogP contribution in [0.25, 0.3) is 11.1 Å². The first-order valence-electron chi connectivity index (χ1n) is 4.20. The smallest absolute Gasteiger partial charge is 0.166 e. The minimum atomic E-state index is 0.590. The van der Waals surface area contributed by atoms with Gasteiger partial charge in [-0.25, -0.2) is 0 Å². The van der Waals surface area contributed by atoms with Crippen molar-refractivity contribution in [2.24, 2.45) is 0 Å². The molecular weight excluding hydrogens is 198 g/mol. The van der Waals surface area contributed by atoms with E-state index in [4.69, 9.17) is 11.6 Å². The van der Waals surface area contributed by atoms with E-state index in [-0.39, 0.29) is 0 Å². The monoisotopic (exact) mass is 205 g/mol. The second kappa shape index (κ2) is 3.68. The van der Waals surface area contributed by atoms with Crippen LogP contribution in [0.4, 0.5) is 0 Å². The van der Waals surface area contributed by atoms with Gasteiger partial charge in [0.05, 0.1) is 5.69 Å². The first-order valence-corrected chi connectivity index (χ1v) is 4.57. The molecule has 1 N–H and O–H groups in total. The molecule has 1 aromatic heterocycles. The van der Waals surface area contributed by atoms with E-state index in [0.29, 0.717) is 10.7 Å². The van der Waals surface area contributed by atoms with E-state index >= 15 is 0 Å². The fourth-order valence-electron chi connectivity index (χ4n) is 1.36. The van der Waals surface area contributed by atoms with E-state index in [0.717, 1.165) is 17.4 Å². The SMILES string of the molecule is O=Cc1[nH]ccc1-c1ccc(Cl)cc1. The predicted octanol–water partition coefficient (Wildman–Crippen LogP) is 3.15. The highest BCUT2D eigenvalue weighted by Gasteiger charge is 2.04. The van der Waals surface area contributed by atoms with Gasteiger partial charge in [0.1, 0.15) is 0 Å². The van der Waals surface area contributed by atoms with E-state index in [1.165, 1.54) is 0 Å². The zero-order valence-corrected chi connectivity index (χ0v) is 8.08. The summed E-state index contributed by atoms with van der Waals surface area (Å²) in [5.41, 5.74) is 2.47. The summed E-state index contributed by atoms with van der Waals surface area (Å²) < 4.78 is 0. The number of aromatic amines is 1. The molecule has 0 fully saturated rings. The van der Waals surface area contributed by atoms with Crippen LogP contribution in [0.5, 0.6) is 0 Å². The maximum Gasteiger partial charge on any atom is 0.166 e. The van der Waals surface area contributed by atoms with Crippen LogP contribution < -0.4 is 0 Å². The topological polar surface area (TPSA) is 32.9 Å². The molecule has 0 spiro atoms. The summed E-state index contributed by atoms with van der Waals surface area (Å²) in [6.45, 7) is 0. The quantitative estimate of drug-likeness (QED) is 0.751. The molecule has 2 aromatic rings. The Morgan fingerprint density at radius 3 is 2.50 bits per heavy atom. The molecule has 0 saturated carbocycles. The number of hydrogen-bond donors (Lipinski definition) is 1. The Labute approximate surface area is 86.5 Å². The highest BCUT2D eigenvalue weighted by Crippen LogP contribution is 2.23. The summed E-state index contributed by atoms with van der Waals surface area (Å²) in [6, 6.07) is 9.25. The summed E-state index contributed by atoms with van der Waals surface area (Å²) in [6.07, 6.45) is 2.55. The van der Waals surface area contributed by atoms with E-state index < -0.39 is 0 Å². The molecule has 0 aliphatic rings. The first kappa shape index (κ1) is 9.03. The fourth-order valence-corrected chi connectivity index (χ4v) is 1.49. The van der Waals surface area contributed by atoms with Crippen LogP contribution in [0.1, 0.15) is 10.5 Å². The summed E-state index contributed by atoms with van der Waals surface area (Å²) in [5.74, 6) is 0. The third-order valence-electron chi connectivity index (χ3n) is 2.05. The lowest BCUT2D eigenvalue weighted by Gasteiger charge is -1.98. The first-order chi connectivity index (χ1) is 6.81. The number of aromatic nitrogens is 1. The molecular formula is C11H8ClNO. The zero-order chi connectivity index (χ0) is 9.97. The lowest BCUT2D eigenvalue weighted by molar-refractivity contribution is 0.112. The average molecular weight is 206 g/mol. The van der Waals surface area contributed by atoms with Crippen LogP contribution >= 0.6 is 11.6 Å². The van der Waals surface area contributed by atoms with Gasteiger partial charge in [0, 0.05) is 16.8 Å². The number of H-pyrrole nitrogens is 1. The molecule has 70 valence electrons. The minimum Gasteiger partial charge on any atom is -0.359 e. The normalized spacial score (nSPS) is 10.1. The van der Waals surface area contributed by atoms with E-state index in [9.17, 15) is 4.79 Å². The lowest BCUT2D eigenvalue weighted by Crippen LogP contribution is -1.83. The van der Waals surface area contributed by atoms with E-state index in [2.05, 4.69) is 4.98 Å². The Kier molecular flexibility index (Phi) is 2.37. The standard InChI is InChI=1S/C11H8ClNO/c12-9-3-1-8(2-4-9)10-5-6-13-11(10)7-14/h1-7,13H. The number of rotatable bonds is 2. The molecule has 2 rings (SSSR count). The van der Waals surface area contributed by atoms with Gasteiger partial charge in [-0.3, -0.25) is 4.79 Å². The maximum atomic E-state index is 10.7. The summed E-state index contributed by atoms with van der Waals surface area (Å²) >= 11 is 5.77. The molecule has 0 saturated heterocycles. The molecule has 1 aromatic carbocycles. The van der Waals surface area contributed by atoms with Crippen molar-refractivity contribution in [2.45, 2.75) is 0 Å². The molecule has 0 radical (unpaired) electrons. The molecule has 0 aliphatic heterocycles. The van der Waals surface area contributed by atoms with Crippen LogP contribution in [0.15, 0.2) is 36.5 Å². The second-order valence-electron chi connectivity index (χ2n) is 2.93. The maximum absolute atomic E-state index is 10.7. The number of carbonyl (C=O) groups excluding carboxylic acids is 1. The van der Waals surface area contributed by atoms with E-state index in [1.807, 2.05) is 18.2 Å². The minimum absolute atomic E-state index is 0.590. The Bertz CT molecular complexity index is 445. The number of hydrogen-bond acceptors (Lipinski definition) is 1. The number of aldehydes is 1. The molecule has 2 nitrogen and oxygen atoms in total. The second-order valence-corrected chi connectivity index (χ2v) is 3.37. The Balaban J connectivity index is 2.49. The summed E-state index contributed by atoms with van der Waals surface area (Å²) in [4.78, 5) is 13.5. The van der Waals surface area contributed by atoms with Crippen LogP contribution in [0.2, 0.25) is 5.02 Å². The van der Waals surface area contributed by atoms with Gasteiger partial charge in [0.25, 0.3) is 0 Å². The van der Waals surface area contributed by atoms with Gasteiger partial charge in [0.15, 0.2) is 6.29 Å². The zero-order valence-electron chi connectivity index (χ0n) is 7.33. The number of halogens is 1. The molecule has 14 heavy (non-hydrogen) atoms. The van der Waals surface area contributed by atoms with Crippen LogP contribution in [-0.2, 0) is 0 Å². The molecule has 0 aliphatic carbocycles. The number of nitrogens with one attached hydrogen (secondary N) is 1. The third-order valence-corrected chi connectivity index (χ3v) is 2.30.